The summed E-state index contributed by atoms with van der Waals surface area (Å²) in [5.74, 6) is 1.58. The molecule has 4 rings (SSSR count). The van der Waals surface area contributed by atoms with Crippen molar-refractivity contribution in [2.45, 2.75) is 13.0 Å². The Kier molecular flexibility index (Phi) is 4.15. The van der Waals surface area contributed by atoms with Gasteiger partial charge in [0, 0.05) is 10.7 Å². The lowest BCUT2D eigenvalue weighted by Gasteiger charge is -2.24. The first-order valence-electron chi connectivity index (χ1n) is 8.11. The summed E-state index contributed by atoms with van der Waals surface area (Å²) in [6.45, 7) is 2.63. The van der Waals surface area contributed by atoms with E-state index in [1.165, 1.54) is 0 Å². The molecule has 0 spiro atoms. The van der Waals surface area contributed by atoms with Gasteiger partial charge in [0.15, 0.2) is 0 Å². The number of ether oxygens (including phenoxy) is 1. The highest BCUT2D eigenvalue weighted by Gasteiger charge is 2.23. The van der Waals surface area contributed by atoms with E-state index in [-0.39, 0.29) is 6.04 Å². The summed E-state index contributed by atoms with van der Waals surface area (Å²) < 4.78 is 7.38. The summed E-state index contributed by atoms with van der Waals surface area (Å²) in [4.78, 5) is 4.32. The number of nitrogens with one attached hydrogen (secondary N) is 1. The Morgan fingerprint density at radius 3 is 2.60 bits per heavy atom. The molecule has 3 aromatic rings. The van der Waals surface area contributed by atoms with E-state index < -0.39 is 0 Å². The molecule has 25 heavy (non-hydrogen) atoms. The SMILES string of the molecule is CCOc1ccc(C2=C[C@H](c3ccc(Cl)cc3)n3ncnc3N2)cc1. The highest BCUT2D eigenvalue weighted by Crippen LogP contribution is 2.32. The van der Waals surface area contributed by atoms with E-state index in [1.54, 1.807) is 6.33 Å². The van der Waals surface area contributed by atoms with Gasteiger partial charge in [-0.2, -0.15) is 10.1 Å². The zero-order chi connectivity index (χ0) is 17.2. The molecule has 0 aliphatic carbocycles. The van der Waals surface area contributed by atoms with Gasteiger partial charge in [-0.05, 0) is 60.5 Å². The molecule has 1 aliphatic rings. The van der Waals surface area contributed by atoms with Crippen LogP contribution < -0.4 is 10.1 Å². The molecule has 0 saturated carbocycles. The van der Waals surface area contributed by atoms with Gasteiger partial charge in [-0.1, -0.05) is 23.7 Å². The fourth-order valence-electron chi connectivity index (χ4n) is 2.90. The van der Waals surface area contributed by atoms with Crippen LogP contribution >= 0.6 is 11.6 Å². The van der Waals surface area contributed by atoms with E-state index in [4.69, 9.17) is 16.3 Å². The second kappa shape index (κ2) is 6.61. The van der Waals surface area contributed by atoms with Crippen molar-refractivity contribution in [1.82, 2.24) is 14.8 Å². The summed E-state index contributed by atoms with van der Waals surface area (Å²) in [5, 5.41) is 8.40. The third-order valence-electron chi connectivity index (χ3n) is 4.10. The summed E-state index contributed by atoms with van der Waals surface area (Å²) in [7, 11) is 0. The Hall–Kier alpha value is -2.79. The van der Waals surface area contributed by atoms with Gasteiger partial charge in [-0.25, -0.2) is 4.68 Å². The third-order valence-corrected chi connectivity index (χ3v) is 4.35. The van der Waals surface area contributed by atoms with Gasteiger partial charge < -0.3 is 10.1 Å². The molecular formula is C19H17ClN4O. The van der Waals surface area contributed by atoms with Crippen molar-refractivity contribution in [3.8, 4) is 5.75 Å². The van der Waals surface area contributed by atoms with Crippen molar-refractivity contribution in [2.24, 2.45) is 0 Å². The molecule has 0 fully saturated rings. The molecular weight excluding hydrogens is 336 g/mol. The molecule has 1 aliphatic heterocycles. The van der Waals surface area contributed by atoms with Crippen LogP contribution in [0.5, 0.6) is 5.75 Å². The zero-order valence-electron chi connectivity index (χ0n) is 13.7. The van der Waals surface area contributed by atoms with E-state index in [1.807, 2.05) is 60.1 Å². The molecule has 6 heteroatoms. The standard InChI is InChI=1S/C19H17ClN4O/c1-2-25-16-9-5-13(6-10-16)17-11-18(14-3-7-15(20)8-4-14)24-19(23-17)21-12-22-24/h3-12,18H,2H2,1H3,(H,21,22,23)/t18-/m1/s1. The molecule has 0 unspecified atom stereocenters. The average Bonchev–Trinajstić information content (AvgIpc) is 3.11. The molecule has 126 valence electrons. The number of anilines is 1. The van der Waals surface area contributed by atoms with Crippen LogP contribution in [-0.2, 0) is 0 Å². The summed E-state index contributed by atoms with van der Waals surface area (Å²) in [6.07, 6.45) is 3.70. The fraction of sp³-hybridized carbons (Fsp3) is 0.158. The first-order chi connectivity index (χ1) is 12.2. The van der Waals surface area contributed by atoms with Gasteiger partial charge in [-0.3, -0.25) is 0 Å². The Labute approximate surface area is 150 Å². The Bertz CT molecular complexity index is 900. The minimum Gasteiger partial charge on any atom is -0.494 e. The van der Waals surface area contributed by atoms with E-state index in [9.17, 15) is 0 Å². The zero-order valence-corrected chi connectivity index (χ0v) is 14.4. The number of hydrogen-bond acceptors (Lipinski definition) is 4. The number of nitrogens with zero attached hydrogens (tertiary/aromatic N) is 3. The van der Waals surface area contributed by atoms with Crippen LogP contribution in [0.4, 0.5) is 5.95 Å². The Balaban J connectivity index is 1.72. The number of benzene rings is 2. The highest BCUT2D eigenvalue weighted by atomic mass is 35.5. The minimum atomic E-state index is -0.0439. The van der Waals surface area contributed by atoms with E-state index in [2.05, 4.69) is 21.5 Å². The van der Waals surface area contributed by atoms with E-state index >= 15 is 0 Å². The lowest BCUT2D eigenvalue weighted by atomic mass is 10.0. The second-order valence-electron chi connectivity index (χ2n) is 5.69. The molecule has 2 heterocycles. The molecule has 0 bridgehead atoms. The van der Waals surface area contributed by atoms with Crippen LogP contribution in [0.3, 0.4) is 0 Å². The molecule has 1 N–H and O–H groups in total. The molecule has 0 amide bonds. The van der Waals surface area contributed by atoms with Crippen molar-refractivity contribution in [2.75, 3.05) is 11.9 Å². The first-order valence-corrected chi connectivity index (χ1v) is 8.49. The highest BCUT2D eigenvalue weighted by molar-refractivity contribution is 6.30. The third kappa shape index (κ3) is 3.10. The fourth-order valence-corrected chi connectivity index (χ4v) is 3.02. The molecule has 0 radical (unpaired) electrons. The maximum absolute atomic E-state index is 6.02. The quantitative estimate of drug-likeness (QED) is 0.756. The summed E-state index contributed by atoms with van der Waals surface area (Å²) >= 11 is 6.02. The molecule has 2 aromatic carbocycles. The largest absolute Gasteiger partial charge is 0.494 e. The van der Waals surface area contributed by atoms with Gasteiger partial charge in [0.1, 0.15) is 18.1 Å². The first kappa shape index (κ1) is 15.7. The molecule has 0 saturated heterocycles. The predicted molar refractivity (Wildman–Crippen MR) is 98.8 cm³/mol. The van der Waals surface area contributed by atoms with Gasteiger partial charge >= 0.3 is 0 Å². The van der Waals surface area contributed by atoms with Crippen molar-refractivity contribution in [3.63, 3.8) is 0 Å². The summed E-state index contributed by atoms with van der Waals surface area (Å²) in [6, 6.07) is 15.8. The maximum Gasteiger partial charge on any atom is 0.226 e. The number of halogens is 1. The lowest BCUT2D eigenvalue weighted by molar-refractivity contribution is 0.340. The topological polar surface area (TPSA) is 52.0 Å². The van der Waals surface area contributed by atoms with E-state index in [0.29, 0.717) is 17.6 Å². The van der Waals surface area contributed by atoms with Crippen LogP contribution in [0.2, 0.25) is 5.02 Å². The van der Waals surface area contributed by atoms with Crippen LogP contribution in [0.15, 0.2) is 60.9 Å². The van der Waals surface area contributed by atoms with Gasteiger partial charge in [-0.15, -0.1) is 0 Å². The number of allylic oxidation sites excluding steroid dienone is 1. The monoisotopic (exact) mass is 352 g/mol. The van der Waals surface area contributed by atoms with Crippen LogP contribution in [0, 0.1) is 0 Å². The summed E-state index contributed by atoms with van der Waals surface area (Å²) in [5.41, 5.74) is 3.15. The lowest BCUT2D eigenvalue weighted by Crippen LogP contribution is -2.20. The van der Waals surface area contributed by atoms with Crippen molar-refractivity contribution < 1.29 is 4.74 Å². The molecule has 5 nitrogen and oxygen atoms in total. The van der Waals surface area contributed by atoms with Crippen LogP contribution in [0.25, 0.3) is 5.70 Å². The van der Waals surface area contributed by atoms with Crippen molar-refractivity contribution in [1.29, 1.82) is 0 Å². The van der Waals surface area contributed by atoms with Crippen molar-refractivity contribution >= 4 is 23.2 Å². The van der Waals surface area contributed by atoms with Gasteiger partial charge in [0.05, 0.1) is 6.61 Å². The minimum absolute atomic E-state index is 0.0439. The number of aromatic nitrogens is 3. The average molecular weight is 353 g/mol. The van der Waals surface area contributed by atoms with Crippen molar-refractivity contribution in [3.05, 3.63) is 77.1 Å². The van der Waals surface area contributed by atoms with Crippen LogP contribution in [-0.4, -0.2) is 21.4 Å². The van der Waals surface area contributed by atoms with Gasteiger partial charge in [0.25, 0.3) is 0 Å². The molecule has 1 atom stereocenters. The Morgan fingerprint density at radius 1 is 1.12 bits per heavy atom. The van der Waals surface area contributed by atoms with Crippen LogP contribution in [0.1, 0.15) is 24.1 Å². The second-order valence-corrected chi connectivity index (χ2v) is 6.12. The number of hydrogen-bond donors (Lipinski definition) is 1. The predicted octanol–water partition coefficient (Wildman–Crippen LogP) is 4.39. The van der Waals surface area contributed by atoms with E-state index in [0.717, 1.165) is 22.6 Å². The number of rotatable bonds is 4. The van der Waals surface area contributed by atoms with Gasteiger partial charge in [0.2, 0.25) is 5.95 Å². The maximum atomic E-state index is 6.02. The number of fused-ring (bicyclic) bond motifs is 1. The smallest absolute Gasteiger partial charge is 0.226 e. The Morgan fingerprint density at radius 2 is 1.88 bits per heavy atom. The molecule has 1 aromatic heterocycles. The normalized spacial score (nSPS) is 15.9.